The number of hydrogen-bond acceptors (Lipinski definition) is 2. The molecule has 120 valence electrons. The predicted molar refractivity (Wildman–Crippen MR) is 85.7 cm³/mol. The van der Waals surface area contributed by atoms with Gasteiger partial charge in [0.15, 0.2) is 0 Å². The molecule has 1 aromatic rings. The van der Waals surface area contributed by atoms with E-state index in [9.17, 15) is 14.3 Å². The standard InChI is InChI=1S/C18H24FNO2/c1-4-5-6-15-11(2)12(3)20-17(16(15)18(21)22)13-7-9-14(19)10-8-13/h7-12,15-16H,4-6H2,1-3H3,(H,21,22). The van der Waals surface area contributed by atoms with Crippen LogP contribution in [0.3, 0.4) is 0 Å². The van der Waals surface area contributed by atoms with E-state index in [4.69, 9.17) is 0 Å². The summed E-state index contributed by atoms with van der Waals surface area (Å²) in [5, 5.41) is 9.74. The number of carboxylic acid groups (broad SMARTS) is 1. The van der Waals surface area contributed by atoms with Gasteiger partial charge in [-0.25, -0.2) is 4.39 Å². The van der Waals surface area contributed by atoms with E-state index in [0.29, 0.717) is 11.3 Å². The minimum absolute atomic E-state index is 0.0741. The van der Waals surface area contributed by atoms with Crippen LogP contribution >= 0.6 is 0 Å². The normalized spacial score (nSPS) is 28.3. The van der Waals surface area contributed by atoms with Gasteiger partial charge in [-0.15, -0.1) is 0 Å². The van der Waals surface area contributed by atoms with Gasteiger partial charge in [-0.1, -0.05) is 38.8 Å². The largest absolute Gasteiger partial charge is 0.481 e. The molecule has 0 fully saturated rings. The van der Waals surface area contributed by atoms with Crippen molar-refractivity contribution in [3.63, 3.8) is 0 Å². The second kappa shape index (κ2) is 7.03. The lowest BCUT2D eigenvalue weighted by molar-refractivity contribution is -0.141. The third-order valence-corrected chi connectivity index (χ3v) is 4.80. The van der Waals surface area contributed by atoms with Crippen molar-refractivity contribution < 1.29 is 14.3 Å². The third kappa shape index (κ3) is 3.37. The van der Waals surface area contributed by atoms with Gasteiger partial charge in [-0.3, -0.25) is 9.79 Å². The first-order valence-electron chi connectivity index (χ1n) is 8.02. The van der Waals surface area contributed by atoms with Gasteiger partial charge in [0.1, 0.15) is 11.7 Å². The molecular formula is C18H24FNO2. The fraction of sp³-hybridized carbons (Fsp3) is 0.556. The predicted octanol–water partition coefficient (Wildman–Crippen LogP) is 4.16. The molecule has 0 saturated heterocycles. The van der Waals surface area contributed by atoms with E-state index in [1.807, 2.05) is 6.92 Å². The van der Waals surface area contributed by atoms with Crippen LogP contribution < -0.4 is 0 Å². The molecule has 0 aliphatic carbocycles. The number of rotatable bonds is 5. The summed E-state index contributed by atoms with van der Waals surface area (Å²) >= 11 is 0. The molecule has 0 spiro atoms. The number of benzene rings is 1. The lowest BCUT2D eigenvalue weighted by Gasteiger charge is -2.37. The van der Waals surface area contributed by atoms with Crippen LogP contribution in [0.4, 0.5) is 4.39 Å². The summed E-state index contributed by atoms with van der Waals surface area (Å²) < 4.78 is 13.1. The Labute approximate surface area is 131 Å². The fourth-order valence-electron chi connectivity index (χ4n) is 3.33. The van der Waals surface area contributed by atoms with Gasteiger partial charge >= 0.3 is 5.97 Å². The summed E-state index contributed by atoms with van der Waals surface area (Å²) in [5.41, 5.74) is 1.31. The van der Waals surface area contributed by atoms with Crippen molar-refractivity contribution in [3.05, 3.63) is 35.6 Å². The summed E-state index contributed by atoms with van der Waals surface area (Å²) in [6.45, 7) is 6.23. The number of hydrogen-bond donors (Lipinski definition) is 1. The molecule has 0 amide bonds. The Morgan fingerprint density at radius 1 is 1.27 bits per heavy atom. The molecule has 1 aromatic carbocycles. The van der Waals surface area contributed by atoms with E-state index < -0.39 is 11.9 Å². The molecule has 2 rings (SSSR count). The van der Waals surface area contributed by atoms with Crippen LogP contribution in [0.5, 0.6) is 0 Å². The number of carboxylic acids is 1. The molecule has 22 heavy (non-hydrogen) atoms. The van der Waals surface area contributed by atoms with Crippen LogP contribution in [0.2, 0.25) is 0 Å². The second-order valence-corrected chi connectivity index (χ2v) is 6.24. The molecule has 1 aliphatic heterocycles. The van der Waals surface area contributed by atoms with E-state index in [1.165, 1.54) is 12.1 Å². The summed E-state index contributed by atoms with van der Waals surface area (Å²) in [4.78, 5) is 16.5. The molecule has 0 radical (unpaired) electrons. The van der Waals surface area contributed by atoms with Gasteiger partial charge in [0.2, 0.25) is 0 Å². The van der Waals surface area contributed by atoms with Crippen molar-refractivity contribution in [2.24, 2.45) is 22.7 Å². The summed E-state index contributed by atoms with van der Waals surface area (Å²) in [5.74, 6) is -1.45. The minimum atomic E-state index is -0.831. The Morgan fingerprint density at radius 2 is 1.91 bits per heavy atom. The molecule has 4 unspecified atom stereocenters. The first-order chi connectivity index (χ1) is 10.5. The fourth-order valence-corrected chi connectivity index (χ4v) is 3.33. The molecule has 4 atom stereocenters. The highest BCUT2D eigenvalue weighted by Crippen LogP contribution is 2.37. The van der Waals surface area contributed by atoms with Gasteiger partial charge in [-0.05, 0) is 42.9 Å². The molecule has 4 heteroatoms. The summed E-state index contributed by atoms with van der Waals surface area (Å²) in [6.07, 6.45) is 2.95. The Kier molecular flexibility index (Phi) is 5.33. The molecule has 1 N–H and O–H groups in total. The van der Waals surface area contributed by atoms with Crippen LogP contribution in [-0.2, 0) is 4.79 Å². The molecule has 0 bridgehead atoms. The lowest BCUT2D eigenvalue weighted by atomic mass is 9.71. The minimum Gasteiger partial charge on any atom is -0.481 e. The highest BCUT2D eigenvalue weighted by Gasteiger charge is 2.41. The first kappa shape index (κ1) is 16.7. The van der Waals surface area contributed by atoms with Crippen LogP contribution in [0.1, 0.15) is 45.6 Å². The molecule has 0 saturated carbocycles. The third-order valence-electron chi connectivity index (χ3n) is 4.80. The smallest absolute Gasteiger partial charge is 0.312 e. The molecule has 1 aliphatic rings. The zero-order chi connectivity index (χ0) is 16.3. The van der Waals surface area contributed by atoms with E-state index >= 15 is 0 Å². The lowest BCUT2D eigenvalue weighted by Crippen LogP contribution is -2.43. The van der Waals surface area contributed by atoms with E-state index in [2.05, 4.69) is 18.8 Å². The Morgan fingerprint density at radius 3 is 2.45 bits per heavy atom. The highest BCUT2D eigenvalue weighted by atomic mass is 19.1. The van der Waals surface area contributed by atoms with Crippen molar-refractivity contribution in [2.45, 2.75) is 46.1 Å². The Bertz CT molecular complexity index is 553. The number of aliphatic carboxylic acids is 1. The zero-order valence-corrected chi connectivity index (χ0v) is 13.4. The van der Waals surface area contributed by atoms with Crippen LogP contribution in [0, 0.1) is 23.6 Å². The maximum absolute atomic E-state index is 13.1. The Balaban J connectivity index is 2.42. The van der Waals surface area contributed by atoms with Crippen molar-refractivity contribution in [3.8, 4) is 0 Å². The maximum atomic E-state index is 13.1. The number of carbonyl (C=O) groups is 1. The highest BCUT2D eigenvalue weighted by molar-refractivity contribution is 6.12. The maximum Gasteiger partial charge on any atom is 0.312 e. The SMILES string of the molecule is CCCCC1C(C(=O)O)C(c2ccc(F)cc2)=NC(C)C1C. The van der Waals surface area contributed by atoms with Crippen LogP contribution in [0.25, 0.3) is 0 Å². The summed E-state index contributed by atoms with van der Waals surface area (Å²) in [6, 6.07) is 6.06. The van der Waals surface area contributed by atoms with Crippen LogP contribution in [-0.4, -0.2) is 22.8 Å². The second-order valence-electron chi connectivity index (χ2n) is 6.24. The Hall–Kier alpha value is -1.71. The van der Waals surface area contributed by atoms with Crippen LogP contribution in [0.15, 0.2) is 29.3 Å². The number of halogens is 1. The zero-order valence-electron chi connectivity index (χ0n) is 13.4. The molecule has 0 aromatic heterocycles. The first-order valence-corrected chi connectivity index (χ1v) is 8.02. The molecule has 1 heterocycles. The van der Waals surface area contributed by atoms with E-state index in [1.54, 1.807) is 12.1 Å². The average molecular weight is 305 g/mol. The van der Waals surface area contributed by atoms with Gasteiger partial charge in [0.25, 0.3) is 0 Å². The van der Waals surface area contributed by atoms with E-state index in [0.717, 1.165) is 19.3 Å². The average Bonchev–Trinajstić information content (AvgIpc) is 2.48. The monoisotopic (exact) mass is 305 g/mol. The number of unbranched alkanes of at least 4 members (excludes halogenated alkanes) is 1. The van der Waals surface area contributed by atoms with Crippen molar-refractivity contribution in [1.29, 1.82) is 0 Å². The molecule has 3 nitrogen and oxygen atoms in total. The summed E-state index contributed by atoms with van der Waals surface area (Å²) in [7, 11) is 0. The van der Waals surface area contributed by atoms with Crippen molar-refractivity contribution >= 4 is 11.7 Å². The van der Waals surface area contributed by atoms with Crippen molar-refractivity contribution in [1.82, 2.24) is 0 Å². The topological polar surface area (TPSA) is 49.7 Å². The quantitative estimate of drug-likeness (QED) is 0.888. The van der Waals surface area contributed by atoms with Gasteiger partial charge in [0.05, 0.1) is 11.8 Å². The van der Waals surface area contributed by atoms with Gasteiger partial charge in [0, 0.05) is 0 Å². The number of nitrogens with zero attached hydrogens (tertiary/aromatic N) is 1. The van der Waals surface area contributed by atoms with Crippen molar-refractivity contribution in [2.75, 3.05) is 0 Å². The number of aliphatic imine (C=N–C) groups is 1. The van der Waals surface area contributed by atoms with E-state index in [-0.39, 0.29) is 23.7 Å². The molecular weight excluding hydrogens is 281 g/mol. The van der Waals surface area contributed by atoms with Gasteiger partial charge < -0.3 is 5.11 Å². The van der Waals surface area contributed by atoms with Gasteiger partial charge in [-0.2, -0.15) is 0 Å².